The SMILES string of the molecule is CN1CCN(C#CC(=O)C2CCC2)CC1. The van der Waals surface area contributed by atoms with Crippen LogP contribution in [0.1, 0.15) is 19.3 Å². The van der Waals surface area contributed by atoms with Crippen molar-refractivity contribution in [2.75, 3.05) is 33.2 Å². The molecule has 0 unspecified atom stereocenters. The van der Waals surface area contributed by atoms with E-state index in [9.17, 15) is 4.79 Å². The number of rotatable bonds is 1. The molecule has 2 fully saturated rings. The monoisotopic (exact) mass is 206 g/mol. The maximum absolute atomic E-state index is 11.5. The molecule has 2 rings (SSSR count). The van der Waals surface area contributed by atoms with E-state index in [2.05, 4.69) is 28.8 Å². The molecular formula is C12H18N2O. The third kappa shape index (κ3) is 2.73. The van der Waals surface area contributed by atoms with Crippen molar-refractivity contribution < 1.29 is 4.79 Å². The Hall–Kier alpha value is -1.01. The van der Waals surface area contributed by atoms with Crippen LogP contribution < -0.4 is 0 Å². The predicted octanol–water partition coefficient (Wildman–Crippen LogP) is 0.564. The first kappa shape index (κ1) is 10.5. The largest absolute Gasteiger partial charge is 0.330 e. The molecule has 0 aromatic carbocycles. The minimum absolute atomic E-state index is 0.153. The summed E-state index contributed by atoms with van der Waals surface area (Å²) in [5.41, 5.74) is 0. The Bertz CT molecular complexity index is 290. The van der Waals surface area contributed by atoms with Crippen LogP contribution in [-0.2, 0) is 4.79 Å². The van der Waals surface area contributed by atoms with E-state index in [4.69, 9.17) is 0 Å². The van der Waals surface area contributed by atoms with Gasteiger partial charge in [0.05, 0.1) is 0 Å². The lowest BCUT2D eigenvalue weighted by molar-refractivity contribution is -0.119. The Kier molecular flexibility index (Phi) is 3.27. The molecule has 0 bridgehead atoms. The number of likely N-dealkylation sites (N-methyl/N-ethyl adjacent to an activating group) is 1. The van der Waals surface area contributed by atoms with Crippen molar-refractivity contribution in [3.8, 4) is 12.0 Å². The topological polar surface area (TPSA) is 23.6 Å². The number of hydrogen-bond acceptors (Lipinski definition) is 3. The molecule has 15 heavy (non-hydrogen) atoms. The lowest BCUT2D eigenvalue weighted by Gasteiger charge is -2.29. The molecule has 1 saturated carbocycles. The Labute approximate surface area is 91.4 Å². The first-order valence-corrected chi connectivity index (χ1v) is 5.75. The van der Waals surface area contributed by atoms with Gasteiger partial charge in [0, 0.05) is 38.1 Å². The number of nitrogens with zero attached hydrogens (tertiary/aromatic N) is 2. The fourth-order valence-electron chi connectivity index (χ4n) is 1.82. The van der Waals surface area contributed by atoms with Crippen LogP contribution in [0.4, 0.5) is 0 Å². The number of piperazine rings is 1. The smallest absolute Gasteiger partial charge is 0.210 e. The van der Waals surface area contributed by atoms with Gasteiger partial charge in [-0.25, -0.2) is 0 Å². The number of hydrogen-bond donors (Lipinski definition) is 0. The average Bonchev–Trinajstić information content (AvgIpc) is 2.14. The molecule has 0 spiro atoms. The maximum atomic E-state index is 11.5. The lowest BCUT2D eigenvalue weighted by Crippen LogP contribution is -2.42. The van der Waals surface area contributed by atoms with Crippen molar-refractivity contribution in [2.24, 2.45) is 5.92 Å². The highest BCUT2D eigenvalue weighted by Gasteiger charge is 2.23. The second-order valence-electron chi connectivity index (χ2n) is 4.52. The van der Waals surface area contributed by atoms with E-state index in [1.807, 2.05) is 0 Å². The molecule has 0 amide bonds. The van der Waals surface area contributed by atoms with Crippen molar-refractivity contribution in [1.82, 2.24) is 9.80 Å². The molecule has 2 aliphatic rings. The Balaban J connectivity index is 1.80. The summed E-state index contributed by atoms with van der Waals surface area (Å²) >= 11 is 0. The van der Waals surface area contributed by atoms with Crippen LogP contribution >= 0.6 is 0 Å². The number of carbonyl (C=O) groups excluding carboxylic acids is 1. The van der Waals surface area contributed by atoms with Crippen LogP contribution in [0.2, 0.25) is 0 Å². The fraction of sp³-hybridized carbons (Fsp3) is 0.750. The zero-order valence-electron chi connectivity index (χ0n) is 9.33. The summed E-state index contributed by atoms with van der Waals surface area (Å²) in [7, 11) is 2.12. The normalized spacial score (nSPS) is 22.9. The van der Waals surface area contributed by atoms with Gasteiger partial charge >= 0.3 is 0 Å². The number of Topliss-reactive ketones (excluding diaryl/α,β-unsaturated/α-hetero) is 1. The summed E-state index contributed by atoms with van der Waals surface area (Å²) in [6.45, 7) is 4.02. The van der Waals surface area contributed by atoms with Gasteiger partial charge in [0.15, 0.2) is 0 Å². The lowest BCUT2D eigenvalue weighted by atomic mass is 9.82. The molecule has 82 valence electrons. The van der Waals surface area contributed by atoms with E-state index in [1.54, 1.807) is 0 Å². The van der Waals surface area contributed by atoms with E-state index in [1.165, 1.54) is 6.42 Å². The Morgan fingerprint density at radius 2 is 1.87 bits per heavy atom. The third-order valence-electron chi connectivity index (χ3n) is 3.32. The van der Waals surface area contributed by atoms with E-state index in [-0.39, 0.29) is 11.7 Å². The van der Waals surface area contributed by atoms with Gasteiger partial charge in [-0.2, -0.15) is 0 Å². The third-order valence-corrected chi connectivity index (χ3v) is 3.32. The van der Waals surface area contributed by atoms with Gasteiger partial charge in [0.25, 0.3) is 0 Å². The Morgan fingerprint density at radius 3 is 2.40 bits per heavy atom. The fourth-order valence-corrected chi connectivity index (χ4v) is 1.82. The van der Waals surface area contributed by atoms with E-state index in [0.717, 1.165) is 39.0 Å². The van der Waals surface area contributed by atoms with Crippen LogP contribution in [-0.4, -0.2) is 48.8 Å². The van der Waals surface area contributed by atoms with E-state index in [0.29, 0.717) is 0 Å². The zero-order valence-corrected chi connectivity index (χ0v) is 9.33. The summed E-state index contributed by atoms with van der Waals surface area (Å²) in [4.78, 5) is 15.9. The maximum Gasteiger partial charge on any atom is 0.210 e. The summed E-state index contributed by atoms with van der Waals surface area (Å²) in [5, 5.41) is 0. The second kappa shape index (κ2) is 4.67. The van der Waals surface area contributed by atoms with Gasteiger partial charge in [0.1, 0.15) is 0 Å². The number of ketones is 1. The summed E-state index contributed by atoms with van der Waals surface area (Å²) < 4.78 is 0. The van der Waals surface area contributed by atoms with Gasteiger partial charge in [-0.3, -0.25) is 4.79 Å². The van der Waals surface area contributed by atoms with Crippen molar-refractivity contribution in [3.05, 3.63) is 0 Å². The minimum atomic E-state index is 0.153. The molecule has 3 nitrogen and oxygen atoms in total. The van der Waals surface area contributed by atoms with Crippen LogP contribution in [0.15, 0.2) is 0 Å². The molecule has 1 aliphatic heterocycles. The number of carbonyl (C=O) groups is 1. The molecule has 0 aromatic rings. The van der Waals surface area contributed by atoms with Crippen molar-refractivity contribution >= 4 is 5.78 Å². The van der Waals surface area contributed by atoms with Gasteiger partial charge in [0.2, 0.25) is 5.78 Å². The molecule has 0 radical (unpaired) electrons. The van der Waals surface area contributed by atoms with Crippen LogP contribution in [0, 0.1) is 17.9 Å². The van der Waals surface area contributed by atoms with Gasteiger partial charge in [-0.15, -0.1) is 0 Å². The first-order chi connectivity index (χ1) is 7.25. The van der Waals surface area contributed by atoms with E-state index < -0.39 is 0 Å². The minimum Gasteiger partial charge on any atom is -0.330 e. The summed E-state index contributed by atoms with van der Waals surface area (Å²) in [6, 6.07) is 3.00. The van der Waals surface area contributed by atoms with Crippen molar-refractivity contribution in [1.29, 1.82) is 0 Å². The highest BCUT2D eigenvalue weighted by Crippen LogP contribution is 2.26. The van der Waals surface area contributed by atoms with Gasteiger partial charge in [-0.1, -0.05) is 6.42 Å². The molecule has 1 aliphatic carbocycles. The van der Waals surface area contributed by atoms with Crippen LogP contribution in [0.25, 0.3) is 0 Å². The van der Waals surface area contributed by atoms with Crippen molar-refractivity contribution in [3.63, 3.8) is 0 Å². The summed E-state index contributed by atoms with van der Waals surface area (Å²) in [6.07, 6.45) is 3.30. The molecule has 0 atom stereocenters. The molecule has 0 aromatic heterocycles. The molecule has 1 heterocycles. The molecule has 3 heteroatoms. The highest BCUT2D eigenvalue weighted by molar-refractivity contribution is 5.97. The molecule has 0 N–H and O–H groups in total. The van der Waals surface area contributed by atoms with E-state index >= 15 is 0 Å². The van der Waals surface area contributed by atoms with Crippen LogP contribution in [0.3, 0.4) is 0 Å². The zero-order chi connectivity index (χ0) is 10.7. The average molecular weight is 206 g/mol. The van der Waals surface area contributed by atoms with Gasteiger partial charge < -0.3 is 9.80 Å². The predicted molar refractivity (Wildman–Crippen MR) is 59.2 cm³/mol. The highest BCUT2D eigenvalue weighted by atomic mass is 16.1. The molecule has 1 saturated heterocycles. The standard InChI is InChI=1S/C12H18N2O/c1-13-7-9-14(10-8-13)6-5-12(15)11-3-2-4-11/h11H,2-4,7-10H2,1H3. The van der Waals surface area contributed by atoms with Crippen molar-refractivity contribution in [2.45, 2.75) is 19.3 Å². The van der Waals surface area contributed by atoms with Crippen LogP contribution in [0.5, 0.6) is 0 Å². The summed E-state index contributed by atoms with van der Waals surface area (Å²) in [5.74, 6) is 3.20. The quantitative estimate of drug-likeness (QED) is 0.586. The first-order valence-electron chi connectivity index (χ1n) is 5.75. The second-order valence-corrected chi connectivity index (χ2v) is 4.52. The van der Waals surface area contributed by atoms with Gasteiger partial charge in [-0.05, 0) is 25.8 Å². The molecular weight excluding hydrogens is 188 g/mol. The Morgan fingerprint density at radius 1 is 1.20 bits per heavy atom.